The minimum Gasteiger partial charge on any atom is -0.385 e. The van der Waals surface area contributed by atoms with Crippen molar-refractivity contribution >= 4 is 17.2 Å². The lowest BCUT2D eigenvalue weighted by atomic mass is 9.75. The highest BCUT2D eigenvalue weighted by Crippen LogP contribution is 2.38. The van der Waals surface area contributed by atoms with Gasteiger partial charge in [-0.15, -0.1) is 0 Å². The highest BCUT2D eigenvalue weighted by molar-refractivity contribution is 7.07. The standard InChI is InChI=1S/C21H29N3O2S/c1-23(2)13-19-14-24(9-6-16-7-11-27-15-16)10-8-21(19,26)18-5-3-4-17(12-18)20(22)25/h3-5,7,11-12,15,19,26H,6,8-10,13-14H2,1-2H3,(H2,22,25)/t19-,21-/m1/s1. The number of primary amides is 1. The van der Waals surface area contributed by atoms with Crippen LogP contribution in [0.1, 0.15) is 27.9 Å². The van der Waals surface area contributed by atoms with E-state index in [-0.39, 0.29) is 5.92 Å². The number of amides is 1. The first kappa shape index (κ1) is 20.0. The van der Waals surface area contributed by atoms with Gasteiger partial charge < -0.3 is 20.6 Å². The molecule has 0 spiro atoms. The molecule has 1 fully saturated rings. The number of piperidine rings is 1. The maximum atomic E-state index is 11.6. The van der Waals surface area contributed by atoms with Crippen molar-refractivity contribution in [2.24, 2.45) is 11.7 Å². The van der Waals surface area contributed by atoms with Crippen LogP contribution in [0.4, 0.5) is 0 Å². The number of carbonyl (C=O) groups excluding carboxylic acids is 1. The maximum Gasteiger partial charge on any atom is 0.248 e. The first-order valence-corrected chi connectivity index (χ1v) is 10.3. The van der Waals surface area contributed by atoms with Gasteiger partial charge in [-0.2, -0.15) is 11.3 Å². The molecule has 1 aliphatic rings. The smallest absolute Gasteiger partial charge is 0.248 e. The average Bonchev–Trinajstić information content (AvgIpc) is 3.15. The van der Waals surface area contributed by atoms with Crippen molar-refractivity contribution in [2.45, 2.75) is 18.4 Å². The number of hydrogen-bond donors (Lipinski definition) is 2. The fraction of sp³-hybridized carbons (Fsp3) is 0.476. The van der Waals surface area contributed by atoms with Crippen LogP contribution in [0.5, 0.6) is 0 Å². The van der Waals surface area contributed by atoms with Crippen LogP contribution >= 0.6 is 11.3 Å². The topological polar surface area (TPSA) is 69.8 Å². The first-order chi connectivity index (χ1) is 12.9. The monoisotopic (exact) mass is 387 g/mol. The van der Waals surface area contributed by atoms with Crippen LogP contribution in [0.15, 0.2) is 41.1 Å². The van der Waals surface area contributed by atoms with Crippen molar-refractivity contribution in [3.63, 3.8) is 0 Å². The number of benzene rings is 1. The van der Waals surface area contributed by atoms with E-state index in [1.807, 2.05) is 26.2 Å². The number of rotatable bonds is 7. The molecular formula is C21H29N3O2S. The normalized spacial score (nSPS) is 23.6. The Morgan fingerprint density at radius 1 is 1.41 bits per heavy atom. The zero-order valence-electron chi connectivity index (χ0n) is 16.1. The molecule has 1 aromatic heterocycles. The third-order valence-electron chi connectivity index (χ3n) is 5.49. The summed E-state index contributed by atoms with van der Waals surface area (Å²) in [6.07, 6.45) is 1.69. The van der Waals surface area contributed by atoms with E-state index in [1.54, 1.807) is 23.5 Å². The van der Waals surface area contributed by atoms with Gasteiger partial charge in [0.25, 0.3) is 0 Å². The van der Waals surface area contributed by atoms with Crippen LogP contribution < -0.4 is 5.73 Å². The van der Waals surface area contributed by atoms with Crippen LogP contribution in [-0.4, -0.2) is 61.1 Å². The lowest BCUT2D eigenvalue weighted by Crippen LogP contribution is -2.53. The van der Waals surface area contributed by atoms with Gasteiger partial charge in [0.05, 0.1) is 5.60 Å². The fourth-order valence-corrected chi connectivity index (χ4v) is 4.69. The molecule has 1 aliphatic heterocycles. The molecule has 146 valence electrons. The second kappa shape index (κ2) is 8.52. The van der Waals surface area contributed by atoms with Gasteiger partial charge in [-0.3, -0.25) is 4.79 Å². The van der Waals surface area contributed by atoms with Crippen molar-refractivity contribution in [2.75, 3.05) is 40.3 Å². The van der Waals surface area contributed by atoms with Crippen molar-refractivity contribution in [1.29, 1.82) is 0 Å². The summed E-state index contributed by atoms with van der Waals surface area (Å²) >= 11 is 1.73. The molecule has 6 heteroatoms. The Morgan fingerprint density at radius 2 is 2.22 bits per heavy atom. The molecule has 0 radical (unpaired) electrons. The van der Waals surface area contributed by atoms with Crippen molar-refractivity contribution in [3.05, 3.63) is 57.8 Å². The molecule has 0 saturated carbocycles. The number of nitrogens with zero attached hydrogens (tertiary/aromatic N) is 2. The SMILES string of the molecule is CN(C)C[C@@H]1CN(CCc2ccsc2)CC[C@@]1(O)c1cccc(C(N)=O)c1. The van der Waals surface area contributed by atoms with Gasteiger partial charge in [-0.05, 0) is 67.0 Å². The molecule has 27 heavy (non-hydrogen) atoms. The van der Waals surface area contributed by atoms with Crippen molar-refractivity contribution in [1.82, 2.24) is 9.80 Å². The third-order valence-corrected chi connectivity index (χ3v) is 6.22. The molecule has 3 N–H and O–H groups in total. The highest BCUT2D eigenvalue weighted by Gasteiger charge is 2.43. The number of aliphatic hydroxyl groups is 1. The number of likely N-dealkylation sites (tertiary alicyclic amines) is 1. The largest absolute Gasteiger partial charge is 0.385 e. The highest BCUT2D eigenvalue weighted by atomic mass is 32.1. The van der Waals surface area contributed by atoms with E-state index in [9.17, 15) is 9.90 Å². The van der Waals surface area contributed by atoms with E-state index in [0.29, 0.717) is 12.0 Å². The van der Waals surface area contributed by atoms with E-state index < -0.39 is 11.5 Å². The van der Waals surface area contributed by atoms with Gasteiger partial charge in [0.1, 0.15) is 0 Å². The molecule has 2 aromatic rings. The summed E-state index contributed by atoms with van der Waals surface area (Å²) in [7, 11) is 4.06. The van der Waals surface area contributed by atoms with Crippen LogP contribution in [0.3, 0.4) is 0 Å². The number of thiophene rings is 1. The summed E-state index contributed by atoms with van der Waals surface area (Å²) in [5, 5.41) is 15.9. The van der Waals surface area contributed by atoms with Gasteiger partial charge in [0, 0.05) is 37.7 Å². The molecule has 5 nitrogen and oxygen atoms in total. The minimum atomic E-state index is -0.950. The van der Waals surface area contributed by atoms with E-state index in [0.717, 1.165) is 38.2 Å². The van der Waals surface area contributed by atoms with Gasteiger partial charge >= 0.3 is 0 Å². The molecule has 2 atom stereocenters. The zero-order chi connectivity index (χ0) is 19.4. The lowest BCUT2D eigenvalue weighted by Gasteiger charge is -2.46. The predicted octanol–water partition coefficient (Wildman–Crippen LogP) is 2.16. The maximum absolute atomic E-state index is 11.6. The van der Waals surface area contributed by atoms with E-state index >= 15 is 0 Å². The number of nitrogens with two attached hydrogens (primary N) is 1. The van der Waals surface area contributed by atoms with Crippen LogP contribution in [0.2, 0.25) is 0 Å². The summed E-state index contributed by atoms with van der Waals surface area (Å²) in [6.45, 7) is 3.45. The summed E-state index contributed by atoms with van der Waals surface area (Å²) in [5.74, 6) is -0.398. The number of carbonyl (C=O) groups is 1. The molecule has 2 heterocycles. The van der Waals surface area contributed by atoms with Crippen molar-refractivity contribution in [3.8, 4) is 0 Å². The predicted molar refractivity (Wildman–Crippen MR) is 110 cm³/mol. The van der Waals surface area contributed by atoms with Crippen LogP contribution in [-0.2, 0) is 12.0 Å². The summed E-state index contributed by atoms with van der Waals surface area (Å²) in [4.78, 5) is 16.1. The Balaban J connectivity index is 1.77. The van der Waals surface area contributed by atoms with Gasteiger partial charge in [0.2, 0.25) is 5.91 Å². The Bertz CT molecular complexity index is 763. The second-order valence-electron chi connectivity index (χ2n) is 7.76. The van der Waals surface area contributed by atoms with Crippen LogP contribution in [0, 0.1) is 5.92 Å². The Hall–Kier alpha value is -1.73. The van der Waals surface area contributed by atoms with Gasteiger partial charge in [-0.1, -0.05) is 12.1 Å². The third kappa shape index (κ3) is 4.76. The molecule has 1 aromatic carbocycles. The Labute approximate surface area is 165 Å². The van der Waals surface area contributed by atoms with Gasteiger partial charge in [0.15, 0.2) is 0 Å². The Kier molecular flexibility index (Phi) is 6.32. The molecule has 0 bridgehead atoms. The van der Waals surface area contributed by atoms with Gasteiger partial charge in [-0.25, -0.2) is 0 Å². The molecule has 1 saturated heterocycles. The molecule has 0 aliphatic carbocycles. The minimum absolute atomic E-state index is 0.0619. The average molecular weight is 388 g/mol. The number of hydrogen-bond acceptors (Lipinski definition) is 5. The van der Waals surface area contributed by atoms with Crippen LogP contribution in [0.25, 0.3) is 0 Å². The van der Waals surface area contributed by atoms with E-state index in [4.69, 9.17) is 5.73 Å². The van der Waals surface area contributed by atoms with E-state index in [2.05, 4.69) is 26.6 Å². The fourth-order valence-electron chi connectivity index (χ4n) is 3.98. The molecule has 0 unspecified atom stereocenters. The van der Waals surface area contributed by atoms with E-state index in [1.165, 1.54) is 5.56 Å². The summed E-state index contributed by atoms with van der Waals surface area (Å²) in [5.41, 5.74) is 7.11. The quantitative estimate of drug-likeness (QED) is 0.764. The zero-order valence-corrected chi connectivity index (χ0v) is 16.9. The first-order valence-electron chi connectivity index (χ1n) is 9.39. The lowest BCUT2D eigenvalue weighted by molar-refractivity contribution is -0.0843. The summed E-state index contributed by atoms with van der Waals surface area (Å²) in [6, 6.07) is 9.36. The molecule has 3 rings (SSSR count). The second-order valence-corrected chi connectivity index (χ2v) is 8.54. The molecular weight excluding hydrogens is 358 g/mol. The Morgan fingerprint density at radius 3 is 2.89 bits per heavy atom. The summed E-state index contributed by atoms with van der Waals surface area (Å²) < 4.78 is 0. The molecule has 1 amide bonds. The van der Waals surface area contributed by atoms with Crippen molar-refractivity contribution < 1.29 is 9.90 Å².